The van der Waals surface area contributed by atoms with E-state index in [1.807, 2.05) is 45.2 Å². The van der Waals surface area contributed by atoms with E-state index in [1.165, 1.54) is 6.42 Å². The number of carbonyl (C=O) groups excluding carboxylic acids is 2. The molecule has 1 aliphatic carbocycles. The molecule has 1 aromatic heterocycles. The molecule has 0 radical (unpaired) electrons. The van der Waals surface area contributed by atoms with Gasteiger partial charge in [0.2, 0.25) is 0 Å². The molecule has 1 aromatic carbocycles. The van der Waals surface area contributed by atoms with Gasteiger partial charge in [0.25, 0.3) is 5.91 Å². The summed E-state index contributed by atoms with van der Waals surface area (Å²) in [4.78, 5) is 31.7. The number of rotatable bonds is 5. The zero-order chi connectivity index (χ0) is 19.4. The predicted molar refractivity (Wildman–Crippen MR) is 106 cm³/mol. The van der Waals surface area contributed by atoms with Gasteiger partial charge >= 0.3 is 5.97 Å². The monoisotopic (exact) mass is 368 g/mol. The highest BCUT2D eigenvalue weighted by Gasteiger charge is 2.24. The largest absolute Gasteiger partial charge is 0.452 e. The van der Waals surface area contributed by atoms with E-state index in [0.29, 0.717) is 5.56 Å². The number of pyridine rings is 1. The lowest BCUT2D eigenvalue weighted by molar-refractivity contribution is -0.135. The minimum absolute atomic E-state index is 0.137. The molecule has 3 rings (SSSR count). The van der Waals surface area contributed by atoms with Gasteiger partial charge < -0.3 is 9.64 Å². The number of fused-ring (bicyclic) bond motifs is 1. The van der Waals surface area contributed by atoms with Gasteiger partial charge in [0, 0.05) is 24.2 Å². The summed E-state index contributed by atoms with van der Waals surface area (Å²) >= 11 is 0. The summed E-state index contributed by atoms with van der Waals surface area (Å²) in [5.74, 6) is -0.590. The molecule has 0 aliphatic heterocycles. The number of aromatic nitrogens is 1. The number of carbonyl (C=O) groups is 2. The Bertz CT molecular complexity index is 841. The molecular formula is C22H28N2O3. The Morgan fingerprint density at radius 1 is 1.19 bits per heavy atom. The van der Waals surface area contributed by atoms with E-state index < -0.39 is 5.97 Å². The van der Waals surface area contributed by atoms with Gasteiger partial charge in [-0.15, -0.1) is 0 Å². The Morgan fingerprint density at radius 3 is 2.59 bits per heavy atom. The van der Waals surface area contributed by atoms with Crippen LogP contribution in [-0.4, -0.2) is 41.5 Å². The zero-order valence-corrected chi connectivity index (χ0v) is 16.5. The van der Waals surface area contributed by atoms with E-state index in [4.69, 9.17) is 4.74 Å². The molecule has 2 aromatic rings. The Hall–Kier alpha value is -2.43. The van der Waals surface area contributed by atoms with Crippen LogP contribution in [0, 0.1) is 6.92 Å². The molecule has 0 bridgehead atoms. The molecule has 5 nitrogen and oxygen atoms in total. The van der Waals surface area contributed by atoms with Crippen LogP contribution >= 0.6 is 0 Å². The fourth-order valence-corrected chi connectivity index (χ4v) is 3.94. The molecule has 0 N–H and O–H groups in total. The highest BCUT2D eigenvalue weighted by molar-refractivity contribution is 6.05. The SMILES string of the molecule is CCc1nc2ccccc2c(C(=O)OCC(=O)N(C)C2CCCCC2)c1C. The standard InChI is InChI=1S/C22H28N2O3/c1-4-18-15(2)21(17-12-8-9-13-19(17)23-18)22(26)27-14-20(25)24(3)16-10-6-5-7-11-16/h8-9,12-13,16H,4-7,10-11,14H2,1-3H3. The van der Waals surface area contributed by atoms with Gasteiger partial charge in [-0.25, -0.2) is 4.79 Å². The van der Waals surface area contributed by atoms with Crippen molar-refractivity contribution in [3.63, 3.8) is 0 Å². The van der Waals surface area contributed by atoms with Crippen molar-refractivity contribution in [1.29, 1.82) is 0 Å². The number of aryl methyl sites for hydroxylation is 1. The maximum absolute atomic E-state index is 12.8. The summed E-state index contributed by atoms with van der Waals surface area (Å²) in [6.45, 7) is 3.69. The highest BCUT2D eigenvalue weighted by Crippen LogP contribution is 2.25. The molecule has 27 heavy (non-hydrogen) atoms. The van der Waals surface area contributed by atoms with Crippen LogP contribution in [0.3, 0.4) is 0 Å². The normalized spacial score (nSPS) is 14.9. The van der Waals surface area contributed by atoms with Crippen LogP contribution in [0.1, 0.15) is 60.6 Å². The van der Waals surface area contributed by atoms with Crippen molar-refractivity contribution in [2.75, 3.05) is 13.7 Å². The Balaban J connectivity index is 1.76. The smallest absolute Gasteiger partial charge is 0.339 e. The number of benzene rings is 1. The maximum Gasteiger partial charge on any atom is 0.339 e. The van der Waals surface area contributed by atoms with E-state index in [1.54, 1.807) is 4.90 Å². The maximum atomic E-state index is 12.8. The van der Waals surface area contributed by atoms with Gasteiger partial charge in [0.15, 0.2) is 6.61 Å². The van der Waals surface area contributed by atoms with Crippen LogP contribution in [0.25, 0.3) is 10.9 Å². The number of para-hydroxylation sites is 1. The average molecular weight is 368 g/mol. The van der Waals surface area contributed by atoms with Crippen molar-refractivity contribution in [2.45, 2.75) is 58.4 Å². The van der Waals surface area contributed by atoms with Crippen LogP contribution in [-0.2, 0) is 16.0 Å². The second kappa shape index (κ2) is 8.51. The quantitative estimate of drug-likeness (QED) is 0.747. The highest BCUT2D eigenvalue weighted by atomic mass is 16.5. The number of amides is 1. The zero-order valence-electron chi connectivity index (χ0n) is 16.5. The lowest BCUT2D eigenvalue weighted by Crippen LogP contribution is -2.40. The van der Waals surface area contributed by atoms with Crippen molar-refractivity contribution in [2.24, 2.45) is 0 Å². The molecule has 0 saturated heterocycles. The third-order valence-electron chi connectivity index (χ3n) is 5.62. The number of esters is 1. The number of hydrogen-bond donors (Lipinski definition) is 0. The van der Waals surface area contributed by atoms with Gasteiger partial charge in [-0.2, -0.15) is 0 Å². The second-order valence-electron chi connectivity index (χ2n) is 7.30. The average Bonchev–Trinajstić information content (AvgIpc) is 2.71. The van der Waals surface area contributed by atoms with E-state index in [0.717, 1.165) is 54.3 Å². The van der Waals surface area contributed by atoms with Crippen LogP contribution in [0.15, 0.2) is 24.3 Å². The molecule has 0 unspecified atom stereocenters. The first kappa shape index (κ1) is 19.3. The van der Waals surface area contributed by atoms with E-state index in [-0.39, 0.29) is 18.6 Å². The molecule has 1 fully saturated rings. The third-order valence-corrected chi connectivity index (χ3v) is 5.62. The van der Waals surface area contributed by atoms with Crippen molar-refractivity contribution in [3.05, 3.63) is 41.1 Å². The molecular weight excluding hydrogens is 340 g/mol. The fourth-order valence-electron chi connectivity index (χ4n) is 3.94. The Labute approximate surface area is 160 Å². The first-order chi connectivity index (χ1) is 13.0. The molecule has 0 spiro atoms. The van der Waals surface area contributed by atoms with Gasteiger partial charge in [-0.3, -0.25) is 9.78 Å². The minimum Gasteiger partial charge on any atom is -0.452 e. The number of nitrogens with zero attached hydrogens (tertiary/aromatic N) is 2. The number of likely N-dealkylation sites (N-methyl/N-ethyl adjacent to an activating group) is 1. The first-order valence-electron chi connectivity index (χ1n) is 9.84. The number of hydrogen-bond acceptors (Lipinski definition) is 4. The van der Waals surface area contributed by atoms with Gasteiger partial charge in [-0.05, 0) is 37.8 Å². The van der Waals surface area contributed by atoms with Crippen LogP contribution < -0.4 is 0 Å². The minimum atomic E-state index is -0.453. The molecule has 1 amide bonds. The fraction of sp³-hybridized carbons (Fsp3) is 0.500. The lowest BCUT2D eigenvalue weighted by Gasteiger charge is -2.31. The summed E-state index contributed by atoms with van der Waals surface area (Å²) in [6.07, 6.45) is 6.35. The van der Waals surface area contributed by atoms with Crippen molar-refractivity contribution >= 4 is 22.8 Å². The predicted octanol–water partition coefficient (Wildman–Crippen LogP) is 4.05. The molecule has 144 valence electrons. The van der Waals surface area contributed by atoms with E-state index >= 15 is 0 Å². The summed E-state index contributed by atoms with van der Waals surface area (Å²) < 4.78 is 5.43. The lowest BCUT2D eigenvalue weighted by atomic mass is 9.94. The van der Waals surface area contributed by atoms with Crippen LogP contribution in [0.5, 0.6) is 0 Å². The van der Waals surface area contributed by atoms with Crippen molar-refractivity contribution in [1.82, 2.24) is 9.88 Å². The van der Waals surface area contributed by atoms with Gasteiger partial charge in [0.1, 0.15) is 0 Å². The molecule has 1 heterocycles. The van der Waals surface area contributed by atoms with Crippen molar-refractivity contribution in [3.8, 4) is 0 Å². The molecule has 1 aliphatic rings. The first-order valence-corrected chi connectivity index (χ1v) is 9.84. The van der Waals surface area contributed by atoms with Gasteiger partial charge in [-0.1, -0.05) is 44.4 Å². The third kappa shape index (κ3) is 4.12. The second-order valence-corrected chi connectivity index (χ2v) is 7.30. The summed E-state index contributed by atoms with van der Waals surface area (Å²) in [7, 11) is 1.81. The topological polar surface area (TPSA) is 59.5 Å². The van der Waals surface area contributed by atoms with E-state index in [2.05, 4.69) is 4.98 Å². The van der Waals surface area contributed by atoms with Crippen LogP contribution in [0.4, 0.5) is 0 Å². The molecule has 5 heteroatoms. The van der Waals surface area contributed by atoms with E-state index in [9.17, 15) is 9.59 Å². The Morgan fingerprint density at radius 2 is 1.89 bits per heavy atom. The summed E-state index contributed by atoms with van der Waals surface area (Å²) in [6, 6.07) is 7.82. The van der Waals surface area contributed by atoms with Gasteiger partial charge in [0.05, 0.1) is 11.1 Å². The molecule has 1 saturated carbocycles. The summed E-state index contributed by atoms with van der Waals surface area (Å²) in [5.41, 5.74) is 3.00. The Kier molecular flexibility index (Phi) is 6.09. The van der Waals surface area contributed by atoms with Crippen molar-refractivity contribution < 1.29 is 14.3 Å². The summed E-state index contributed by atoms with van der Waals surface area (Å²) in [5, 5.41) is 0.769. The number of ether oxygens (including phenoxy) is 1. The molecule has 0 atom stereocenters. The van der Waals surface area contributed by atoms with Crippen LogP contribution in [0.2, 0.25) is 0 Å².